The molecule has 1 unspecified atom stereocenters. The van der Waals surface area contributed by atoms with Gasteiger partial charge in [-0.25, -0.2) is 0 Å². The Hall–Kier alpha value is -0.320. The maximum atomic E-state index is 9.21. The highest BCUT2D eigenvalue weighted by Gasteiger charge is 2.36. The Morgan fingerprint density at radius 3 is 2.44 bits per heavy atom. The van der Waals surface area contributed by atoms with E-state index in [9.17, 15) is 5.11 Å². The van der Waals surface area contributed by atoms with E-state index in [1.165, 1.54) is 0 Å². The van der Waals surface area contributed by atoms with Crippen LogP contribution in [0.2, 0.25) is 10.0 Å². The summed E-state index contributed by atoms with van der Waals surface area (Å²) in [5.74, 6) is 0. The van der Waals surface area contributed by atoms with Crippen LogP contribution in [0.3, 0.4) is 0 Å². The summed E-state index contributed by atoms with van der Waals surface area (Å²) < 4.78 is 11.0. The zero-order valence-corrected chi connectivity index (χ0v) is 10.2. The second kappa shape index (κ2) is 4.90. The number of aliphatic hydroxyl groups is 1. The average Bonchev–Trinajstić information content (AvgIpc) is 2.59. The minimum Gasteiger partial charge on any atom is -0.394 e. The molecule has 1 aliphatic heterocycles. The standard InChI is InChI=1S/C11H12Cl2O3/c1-6-15-9(5-14)11(16-6)10-7(12)3-2-4-8(10)13/h2-4,6,9,11,14H,5H2,1H3/t6?,9-,11+/m1/s1. The van der Waals surface area contributed by atoms with Crippen LogP contribution in [0.25, 0.3) is 0 Å². The third-order valence-electron chi connectivity index (χ3n) is 2.51. The van der Waals surface area contributed by atoms with Crippen molar-refractivity contribution in [1.82, 2.24) is 0 Å². The van der Waals surface area contributed by atoms with Crippen molar-refractivity contribution in [2.75, 3.05) is 6.61 Å². The molecule has 0 spiro atoms. The predicted molar refractivity (Wildman–Crippen MR) is 61.7 cm³/mol. The Labute approximate surface area is 104 Å². The Kier molecular flexibility index (Phi) is 3.72. The predicted octanol–water partition coefficient (Wildman–Crippen LogP) is 2.79. The lowest BCUT2D eigenvalue weighted by Gasteiger charge is -2.17. The van der Waals surface area contributed by atoms with Gasteiger partial charge in [0.05, 0.1) is 6.61 Å². The van der Waals surface area contributed by atoms with E-state index in [4.69, 9.17) is 32.7 Å². The first-order valence-electron chi connectivity index (χ1n) is 4.99. The van der Waals surface area contributed by atoms with E-state index in [0.29, 0.717) is 15.6 Å². The maximum Gasteiger partial charge on any atom is 0.156 e. The second-order valence-corrected chi connectivity index (χ2v) is 4.43. The largest absolute Gasteiger partial charge is 0.394 e. The first-order chi connectivity index (χ1) is 7.63. The Morgan fingerprint density at radius 2 is 1.88 bits per heavy atom. The van der Waals surface area contributed by atoms with Crippen LogP contribution in [0.1, 0.15) is 18.6 Å². The molecular formula is C11H12Cl2O3. The Balaban J connectivity index is 2.36. The molecule has 16 heavy (non-hydrogen) atoms. The molecule has 1 saturated heterocycles. The molecule has 0 radical (unpaired) electrons. The van der Waals surface area contributed by atoms with Gasteiger partial charge in [-0.15, -0.1) is 0 Å². The van der Waals surface area contributed by atoms with Crippen molar-refractivity contribution in [2.45, 2.75) is 25.4 Å². The quantitative estimate of drug-likeness (QED) is 0.891. The van der Waals surface area contributed by atoms with Crippen LogP contribution < -0.4 is 0 Å². The fourth-order valence-corrected chi connectivity index (χ4v) is 2.43. The van der Waals surface area contributed by atoms with Crippen molar-refractivity contribution in [1.29, 1.82) is 0 Å². The Bertz CT molecular complexity index is 363. The highest BCUT2D eigenvalue weighted by Crippen LogP contribution is 2.39. The Morgan fingerprint density at radius 1 is 1.25 bits per heavy atom. The molecule has 0 aromatic heterocycles. The summed E-state index contributed by atoms with van der Waals surface area (Å²) in [5, 5.41) is 10.2. The summed E-state index contributed by atoms with van der Waals surface area (Å²) >= 11 is 12.2. The summed E-state index contributed by atoms with van der Waals surface area (Å²) in [5.41, 5.74) is 0.675. The van der Waals surface area contributed by atoms with Gasteiger partial charge in [0.25, 0.3) is 0 Å². The number of benzene rings is 1. The van der Waals surface area contributed by atoms with Gasteiger partial charge in [-0.2, -0.15) is 0 Å². The molecule has 1 aromatic rings. The summed E-state index contributed by atoms with van der Waals surface area (Å²) in [6.45, 7) is 1.64. The van der Waals surface area contributed by atoms with E-state index in [1.807, 2.05) is 0 Å². The normalized spacial score (nSPS) is 29.6. The van der Waals surface area contributed by atoms with Gasteiger partial charge in [0.15, 0.2) is 6.29 Å². The van der Waals surface area contributed by atoms with Crippen LogP contribution in [-0.4, -0.2) is 24.1 Å². The molecule has 1 N–H and O–H groups in total. The molecule has 5 heteroatoms. The zero-order chi connectivity index (χ0) is 11.7. The van der Waals surface area contributed by atoms with E-state index in [2.05, 4.69) is 0 Å². The number of hydrogen-bond donors (Lipinski definition) is 1. The van der Waals surface area contributed by atoms with Crippen LogP contribution in [0.15, 0.2) is 18.2 Å². The SMILES string of the molecule is CC1O[C@H](c2c(Cl)cccc2Cl)[C@@H](CO)O1. The van der Waals surface area contributed by atoms with Crippen molar-refractivity contribution in [3.05, 3.63) is 33.8 Å². The maximum absolute atomic E-state index is 9.21. The molecule has 0 saturated carbocycles. The van der Waals surface area contributed by atoms with Crippen LogP contribution in [0, 0.1) is 0 Å². The van der Waals surface area contributed by atoms with Crippen molar-refractivity contribution in [3.63, 3.8) is 0 Å². The molecule has 0 aliphatic carbocycles. The van der Waals surface area contributed by atoms with Gasteiger partial charge in [-0.1, -0.05) is 29.3 Å². The van der Waals surface area contributed by atoms with Crippen LogP contribution >= 0.6 is 23.2 Å². The lowest BCUT2D eigenvalue weighted by molar-refractivity contribution is -0.0563. The van der Waals surface area contributed by atoms with E-state index in [-0.39, 0.29) is 12.9 Å². The minimum absolute atomic E-state index is 0.128. The molecule has 0 amide bonds. The number of rotatable bonds is 2. The smallest absolute Gasteiger partial charge is 0.156 e. The third kappa shape index (κ3) is 2.19. The molecule has 1 aliphatic rings. The number of aliphatic hydroxyl groups excluding tert-OH is 1. The van der Waals surface area contributed by atoms with Crippen molar-refractivity contribution in [3.8, 4) is 0 Å². The molecule has 0 bridgehead atoms. The minimum atomic E-state index is -0.424. The number of halogens is 2. The van der Waals surface area contributed by atoms with E-state index < -0.39 is 12.2 Å². The van der Waals surface area contributed by atoms with Gasteiger partial charge in [-0.05, 0) is 19.1 Å². The van der Waals surface area contributed by atoms with Crippen molar-refractivity contribution >= 4 is 23.2 Å². The monoisotopic (exact) mass is 262 g/mol. The highest BCUT2D eigenvalue weighted by atomic mass is 35.5. The fraction of sp³-hybridized carbons (Fsp3) is 0.455. The van der Waals surface area contributed by atoms with E-state index in [0.717, 1.165) is 0 Å². The number of hydrogen-bond acceptors (Lipinski definition) is 3. The molecule has 3 atom stereocenters. The summed E-state index contributed by atoms with van der Waals surface area (Å²) in [7, 11) is 0. The van der Waals surface area contributed by atoms with Crippen LogP contribution in [0.4, 0.5) is 0 Å². The molecule has 1 aromatic carbocycles. The molecule has 3 nitrogen and oxygen atoms in total. The van der Waals surface area contributed by atoms with Crippen LogP contribution in [0.5, 0.6) is 0 Å². The third-order valence-corrected chi connectivity index (χ3v) is 3.17. The van der Waals surface area contributed by atoms with E-state index in [1.54, 1.807) is 25.1 Å². The first kappa shape index (κ1) is 12.1. The topological polar surface area (TPSA) is 38.7 Å². The van der Waals surface area contributed by atoms with Gasteiger partial charge in [0.2, 0.25) is 0 Å². The molecule has 2 rings (SSSR count). The van der Waals surface area contributed by atoms with Gasteiger partial charge in [0, 0.05) is 15.6 Å². The lowest BCUT2D eigenvalue weighted by atomic mass is 10.0. The van der Waals surface area contributed by atoms with Crippen molar-refractivity contribution < 1.29 is 14.6 Å². The number of ether oxygens (including phenoxy) is 2. The van der Waals surface area contributed by atoms with Gasteiger partial charge in [-0.3, -0.25) is 0 Å². The lowest BCUT2D eigenvalue weighted by Crippen LogP contribution is -2.20. The summed E-state index contributed by atoms with van der Waals surface area (Å²) in [6, 6.07) is 5.24. The molecule has 1 heterocycles. The van der Waals surface area contributed by atoms with Gasteiger partial charge in [0.1, 0.15) is 12.2 Å². The highest BCUT2D eigenvalue weighted by molar-refractivity contribution is 6.36. The first-order valence-corrected chi connectivity index (χ1v) is 5.74. The average molecular weight is 263 g/mol. The fourth-order valence-electron chi connectivity index (χ4n) is 1.82. The van der Waals surface area contributed by atoms with Crippen LogP contribution in [-0.2, 0) is 9.47 Å². The molecular weight excluding hydrogens is 251 g/mol. The van der Waals surface area contributed by atoms with Gasteiger partial charge < -0.3 is 14.6 Å². The van der Waals surface area contributed by atoms with E-state index >= 15 is 0 Å². The van der Waals surface area contributed by atoms with Crippen molar-refractivity contribution in [2.24, 2.45) is 0 Å². The molecule has 88 valence electrons. The van der Waals surface area contributed by atoms with Gasteiger partial charge >= 0.3 is 0 Å². The summed E-state index contributed by atoms with van der Waals surface area (Å²) in [6.07, 6.45) is -1.21. The molecule has 1 fully saturated rings. The zero-order valence-electron chi connectivity index (χ0n) is 8.69. The second-order valence-electron chi connectivity index (χ2n) is 3.62. The summed E-state index contributed by atoms with van der Waals surface area (Å²) in [4.78, 5) is 0.